The molecule has 0 spiro atoms. The molecule has 2 aromatic heterocycles. The number of hydrogen-bond donors (Lipinski definition) is 0. The van der Waals surface area contributed by atoms with Crippen LogP contribution in [-0.4, -0.2) is 31.8 Å². The second kappa shape index (κ2) is 4.53. The van der Waals surface area contributed by atoms with Crippen LogP contribution < -0.4 is 0 Å². The molecule has 1 aliphatic heterocycles. The Morgan fingerprint density at radius 3 is 2.74 bits per heavy atom. The molecular weight excluding hydrogens is 275 g/mol. The zero-order valence-electron chi connectivity index (χ0n) is 9.87. The zero-order chi connectivity index (χ0) is 13.5. The third kappa shape index (κ3) is 2.33. The molecule has 0 unspecified atom stereocenters. The maximum Gasteiger partial charge on any atom is 0.333 e. The molecule has 0 saturated carbocycles. The molecule has 0 atom stereocenters. The Kier molecular flexibility index (Phi) is 2.98. The van der Waals surface area contributed by atoms with Gasteiger partial charge in [-0.3, -0.25) is 0 Å². The Morgan fingerprint density at radius 2 is 2.05 bits per heavy atom. The maximum absolute atomic E-state index is 13.0. The van der Waals surface area contributed by atoms with Crippen LogP contribution in [0.5, 0.6) is 0 Å². The summed E-state index contributed by atoms with van der Waals surface area (Å²) in [5.41, 5.74) is 0.838. The van der Waals surface area contributed by atoms with Gasteiger partial charge in [0.05, 0.1) is 17.3 Å². The molecule has 1 saturated heterocycles. The molecule has 2 aromatic rings. The molecule has 8 heteroatoms. The number of ether oxygens (including phenoxy) is 1. The predicted molar refractivity (Wildman–Crippen MR) is 62.9 cm³/mol. The van der Waals surface area contributed by atoms with Gasteiger partial charge in [0, 0.05) is 19.1 Å². The number of aromatic nitrogens is 2. The Labute approximate surface area is 108 Å². The topological polar surface area (TPSA) is 82.3 Å². The number of pyridine rings is 1. The molecule has 1 fully saturated rings. The van der Waals surface area contributed by atoms with Gasteiger partial charge in [-0.15, -0.1) is 3.89 Å². The fraction of sp³-hybridized carbons (Fsp3) is 0.455. The van der Waals surface area contributed by atoms with Crippen LogP contribution in [0, 0.1) is 0 Å². The van der Waals surface area contributed by atoms with Crippen molar-refractivity contribution in [2.45, 2.75) is 23.7 Å². The summed E-state index contributed by atoms with van der Waals surface area (Å²) in [7, 11) is -4.78. The molecular formula is C11H11FN2O4S. The molecule has 19 heavy (non-hydrogen) atoms. The normalized spacial score (nSPS) is 17.9. The second-order valence-corrected chi connectivity index (χ2v) is 5.76. The number of fused-ring (bicyclic) bond motifs is 1. The summed E-state index contributed by atoms with van der Waals surface area (Å²) in [6.07, 6.45) is 2.47. The van der Waals surface area contributed by atoms with E-state index in [2.05, 4.69) is 10.1 Å². The first kappa shape index (κ1) is 12.5. The van der Waals surface area contributed by atoms with Gasteiger partial charge in [0.2, 0.25) is 0 Å². The van der Waals surface area contributed by atoms with Crippen molar-refractivity contribution in [1.29, 1.82) is 0 Å². The number of nitrogens with zero attached hydrogens (tertiary/aromatic N) is 2. The van der Waals surface area contributed by atoms with E-state index in [4.69, 9.17) is 9.26 Å². The molecule has 1 aliphatic rings. The van der Waals surface area contributed by atoms with Crippen molar-refractivity contribution in [3.8, 4) is 0 Å². The van der Waals surface area contributed by atoms with Gasteiger partial charge in [-0.2, -0.15) is 8.42 Å². The molecule has 0 amide bonds. The van der Waals surface area contributed by atoms with E-state index in [-0.39, 0.29) is 11.6 Å². The van der Waals surface area contributed by atoms with E-state index in [1.807, 2.05) is 0 Å². The Bertz CT molecular complexity index is 707. The van der Waals surface area contributed by atoms with Gasteiger partial charge in [-0.1, -0.05) is 5.16 Å². The smallest absolute Gasteiger partial charge is 0.333 e. The minimum Gasteiger partial charge on any atom is -0.381 e. The molecule has 3 rings (SSSR count). The molecule has 0 N–H and O–H groups in total. The summed E-state index contributed by atoms with van der Waals surface area (Å²) in [6, 6.07) is 1.22. The lowest BCUT2D eigenvalue weighted by Crippen LogP contribution is -2.14. The van der Waals surface area contributed by atoms with Crippen LogP contribution in [0.25, 0.3) is 11.1 Å². The van der Waals surface area contributed by atoms with Crippen molar-refractivity contribution in [3.63, 3.8) is 0 Å². The Morgan fingerprint density at radius 1 is 1.32 bits per heavy atom. The second-order valence-electron chi connectivity index (χ2n) is 4.42. The highest BCUT2D eigenvalue weighted by atomic mass is 32.3. The monoisotopic (exact) mass is 286 g/mol. The van der Waals surface area contributed by atoms with Gasteiger partial charge in [0.25, 0.3) is 5.71 Å². The number of rotatable bonds is 2. The highest BCUT2D eigenvalue weighted by Gasteiger charge is 2.24. The van der Waals surface area contributed by atoms with E-state index < -0.39 is 15.1 Å². The fourth-order valence-corrected chi connectivity index (χ4v) is 2.67. The minimum atomic E-state index is -4.78. The van der Waals surface area contributed by atoms with Crippen LogP contribution in [0.15, 0.2) is 21.7 Å². The first-order chi connectivity index (χ1) is 9.05. The van der Waals surface area contributed by atoms with Crippen molar-refractivity contribution in [3.05, 3.63) is 18.0 Å². The number of hydrogen-bond acceptors (Lipinski definition) is 6. The molecule has 0 radical (unpaired) electrons. The first-order valence-corrected chi connectivity index (χ1v) is 7.22. The van der Waals surface area contributed by atoms with Crippen LogP contribution in [0.4, 0.5) is 3.89 Å². The largest absolute Gasteiger partial charge is 0.381 e. The van der Waals surface area contributed by atoms with Crippen molar-refractivity contribution in [1.82, 2.24) is 10.1 Å². The highest BCUT2D eigenvalue weighted by Crippen LogP contribution is 2.32. The van der Waals surface area contributed by atoms with Gasteiger partial charge in [0.1, 0.15) is 4.90 Å². The average molecular weight is 286 g/mol. The average Bonchev–Trinajstić information content (AvgIpc) is 2.81. The van der Waals surface area contributed by atoms with Gasteiger partial charge >= 0.3 is 10.2 Å². The molecule has 0 aliphatic carbocycles. The predicted octanol–water partition coefficient (Wildman–Crippen LogP) is 1.77. The van der Waals surface area contributed by atoms with Gasteiger partial charge < -0.3 is 9.26 Å². The summed E-state index contributed by atoms with van der Waals surface area (Å²) in [5, 5.41) is 4.38. The van der Waals surface area contributed by atoms with E-state index in [0.29, 0.717) is 24.3 Å². The van der Waals surface area contributed by atoms with Gasteiger partial charge in [-0.25, -0.2) is 4.98 Å². The maximum atomic E-state index is 13.0. The fourth-order valence-electron chi connectivity index (χ4n) is 2.23. The van der Waals surface area contributed by atoms with E-state index in [0.717, 1.165) is 19.0 Å². The molecule has 3 heterocycles. The van der Waals surface area contributed by atoms with Crippen LogP contribution >= 0.6 is 0 Å². The zero-order valence-corrected chi connectivity index (χ0v) is 10.7. The van der Waals surface area contributed by atoms with E-state index >= 15 is 0 Å². The molecule has 6 nitrogen and oxygen atoms in total. The van der Waals surface area contributed by atoms with E-state index in [1.54, 1.807) is 0 Å². The first-order valence-electron chi connectivity index (χ1n) is 5.83. The van der Waals surface area contributed by atoms with Gasteiger partial charge in [-0.05, 0) is 18.9 Å². The Balaban J connectivity index is 2.10. The van der Waals surface area contributed by atoms with Gasteiger partial charge in [0.15, 0.2) is 0 Å². The highest BCUT2D eigenvalue weighted by molar-refractivity contribution is 7.86. The molecule has 102 valence electrons. The van der Waals surface area contributed by atoms with Crippen molar-refractivity contribution in [2.24, 2.45) is 0 Å². The van der Waals surface area contributed by atoms with Crippen LogP contribution in [0.2, 0.25) is 0 Å². The Hall–Kier alpha value is -1.54. The summed E-state index contributed by atoms with van der Waals surface area (Å²) in [4.78, 5) is 3.31. The summed E-state index contributed by atoms with van der Waals surface area (Å²) in [6.45, 7) is 1.24. The van der Waals surface area contributed by atoms with Crippen LogP contribution in [-0.2, 0) is 15.0 Å². The molecule has 0 bridgehead atoms. The third-order valence-corrected chi connectivity index (χ3v) is 4.01. The van der Waals surface area contributed by atoms with Crippen molar-refractivity contribution < 1.29 is 21.6 Å². The minimum absolute atomic E-state index is 0.120. The summed E-state index contributed by atoms with van der Waals surface area (Å²) < 4.78 is 45.1. The van der Waals surface area contributed by atoms with E-state index in [9.17, 15) is 12.3 Å². The lowest BCUT2D eigenvalue weighted by Gasteiger charge is -2.19. The van der Waals surface area contributed by atoms with Crippen LogP contribution in [0.3, 0.4) is 0 Å². The molecule has 0 aromatic carbocycles. The van der Waals surface area contributed by atoms with Crippen molar-refractivity contribution in [2.75, 3.05) is 13.2 Å². The van der Waals surface area contributed by atoms with Crippen molar-refractivity contribution >= 4 is 21.3 Å². The summed E-state index contributed by atoms with van der Waals surface area (Å²) in [5.74, 6) is 0.120. The van der Waals surface area contributed by atoms with E-state index in [1.165, 1.54) is 6.07 Å². The standard InChI is InChI=1S/C11H11FN2O4S/c12-19(15,16)8-5-9-10(7-1-3-17-4-2-7)14-18-11(9)13-6-8/h5-7H,1-4H2. The van der Waals surface area contributed by atoms with Crippen LogP contribution in [0.1, 0.15) is 24.5 Å². The SMILES string of the molecule is O=S(=O)(F)c1cnc2onc(C3CCOCC3)c2c1. The third-order valence-electron chi connectivity index (χ3n) is 3.22. The summed E-state index contributed by atoms with van der Waals surface area (Å²) >= 11 is 0. The number of halogens is 1. The lowest BCUT2D eigenvalue weighted by molar-refractivity contribution is 0.0840. The lowest BCUT2D eigenvalue weighted by atomic mass is 9.95. The quantitative estimate of drug-likeness (QED) is 0.782.